The van der Waals surface area contributed by atoms with Crippen molar-refractivity contribution in [3.05, 3.63) is 33.9 Å². The van der Waals surface area contributed by atoms with E-state index in [2.05, 4.69) is 34.4 Å². The molecule has 0 bridgehead atoms. The molecule has 1 amide bonds. The number of nitrogens with one attached hydrogen (secondary N) is 2. The van der Waals surface area contributed by atoms with Gasteiger partial charge >= 0.3 is 0 Å². The summed E-state index contributed by atoms with van der Waals surface area (Å²) in [6.45, 7) is 4.11. The third-order valence-electron chi connectivity index (χ3n) is 2.67. The van der Waals surface area contributed by atoms with E-state index in [0.717, 1.165) is 5.69 Å². The van der Waals surface area contributed by atoms with Gasteiger partial charge in [0.25, 0.3) is 5.91 Å². The molecule has 2 aromatic heterocycles. The molecule has 0 aliphatic rings. The highest BCUT2D eigenvalue weighted by molar-refractivity contribution is 7.14. The molecule has 2 rings (SSSR count). The summed E-state index contributed by atoms with van der Waals surface area (Å²) in [5.74, 6) is 0.606. The average Bonchev–Trinajstić information content (AvgIpc) is 2.87. The highest BCUT2D eigenvalue weighted by atomic mass is 35.5. The molecule has 20 heavy (non-hydrogen) atoms. The van der Waals surface area contributed by atoms with Gasteiger partial charge < -0.3 is 5.32 Å². The lowest BCUT2D eigenvalue weighted by Crippen LogP contribution is -2.12. The molecule has 0 unspecified atom stereocenters. The summed E-state index contributed by atoms with van der Waals surface area (Å²) in [6.07, 6.45) is 1.48. The van der Waals surface area contributed by atoms with Gasteiger partial charge in [-0.05, 0) is 12.0 Å². The lowest BCUT2D eigenvalue weighted by molar-refractivity contribution is 0.102. The second-order valence-electron chi connectivity index (χ2n) is 4.49. The minimum Gasteiger partial charge on any atom is -0.372 e. The number of aromatic nitrogens is 2. The Bertz CT molecular complexity index is 627. The van der Waals surface area contributed by atoms with Gasteiger partial charge in [-0.15, -0.1) is 11.3 Å². The third-order valence-corrected chi connectivity index (χ3v) is 3.74. The van der Waals surface area contributed by atoms with Crippen LogP contribution in [0.3, 0.4) is 0 Å². The van der Waals surface area contributed by atoms with Gasteiger partial charge in [-0.25, -0.2) is 9.97 Å². The zero-order valence-electron chi connectivity index (χ0n) is 11.4. The molecule has 106 valence electrons. The molecule has 0 aliphatic carbocycles. The maximum Gasteiger partial charge on any atom is 0.259 e. The summed E-state index contributed by atoms with van der Waals surface area (Å²) in [4.78, 5) is 20.5. The molecule has 0 aliphatic heterocycles. The number of amides is 1. The number of pyridine rings is 1. The standard InChI is InChI=1S/C13H15ClN4OS/c1-7(2)10-6-20-13(17-10)18-12(19)8-4-9(14)11(15-3)16-5-8/h4-7H,1-3H3,(H,15,16)(H,17,18,19). The van der Waals surface area contributed by atoms with Crippen molar-refractivity contribution >= 4 is 39.8 Å². The zero-order chi connectivity index (χ0) is 14.7. The van der Waals surface area contributed by atoms with Crippen molar-refractivity contribution in [3.8, 4) is 0 Å². The van der Waals surface area contributed by atoms with Crippen LogP contribution >= 0.6 is 22.9 Å². The molecule has 0 fully saturated rings. The Morgan fingerprint density at radius 2 is 2.20 bits per heavy atom. The van der Waals surface area contributed by atoms with E-state index in [1.165, 1.54) is 17.5 Å². The molecule has 7 heteroatoms. The SMILES string of the molecule is CNc1ncc(C(=O)Nc2nc(C(C)C)cs2)cc1Cl. The molecular formula is C13H15ClN4OS. The van der Waals surface area contributed by atoms with Crippen LogP contribution in [0.15, 0.2) is 17.6 Å². The predicted octanol–water partition coefficient (Wildman–Crippen LogP) is 3.61. The van der Waals surface area contributed by atoms with Gasteiger partial charge in [0.2, 0.25) is 0 Å². The predicted molar refractivity (Wildman–Crippen MR) is 82.9 cm³/mol. The van der Waals surface area contributed by atoms with Crippen LogP contribution in [0.25, 0.3) is 0 Å². The van der Waals surface area contributed by atoms with Crippen LogP contribution in [-0.2, 0) is 0 Å². The van der Waals surface area contributed by atoms with E-state index in [1.54, 1.807) is 13.1 Å². The van der Waals surface area contributed by atoms with Crippen LogP contribution in [0.4, 0.5) is 10.9 Å². The fourth-order valence-electron chi connectivity index (χ4n) is 1.52. The number of hydrogen-bond acceptors (Lipinski definition) is 5. The van der Waals surface area contributed by atoms with Gasteiger partial charge in [-0.1, -0.05) is 25.4 Å². The number of anilines is 2. The lowest BCUT2D eigenvalue weighted by Gasteiger charge is -2.05. The molecule has 0 aromatic carbocycles. The van der Waals surface area contributed by atoms with Crippen LogP contribution in [0.2, 0.25) is 5.02 Å². The van der Waals surface area contributed by atoms with Crippen molar-refractivity contribution in [1.29, 1.82) is 0 Å². The zero-order valence-corrected chi connectivity index (χ0v) is 13.0. The van der Waals surface area contributed by atoms with Gasteiger partial charge in [-0.2, -0.15) is 0 Å². The van der Waals surface area contributed by atoms with Crippen LogP contribution in [-0.4, -0.2) is 22.9 Å². The quantitative estimate of drug-likeness (QED) is 0.905. The first-order valence-corrected chi connectivity index (χ1v) is 7.37. The molecule has 2 aromatic rings. The smallest absolute Gasteiger partial charge is 0.259 e. The van der Waals surface area contributed by atoms with E-state index in [-0.39, 0.29) is 5.91 Å². The third kappa shape index (κ3) is 3.26. The van der Waals surface area contributed by atoms with Gasteiger partial charge in [0, 0.05) is 18.6 Å². The molecule has 0 saturated heterocycles. The van der Waals surface area contributed by atoms with Crippen molar-refractivity contribution in [3.63, 3.8) is 0 Å². The van der Waals surface area contributed by atoms with Gasteiger partial charge in [-0.3, -0.25) is 10.1 Å². The van der Waals surface area contributed by atoms with E-state index in [4.69, 9.17) is 11.6 Å². The lowest BCUT2D eigenvalue weighted by atomic mass is 10.2. The van der Waals surface area contributed by atoms with Gasteiger partial charge in [0.15, 0.2) is 5.13 Å². The molecule has 0 spiro atoms. The highest BCUT2D eigenvalue weighted by Crippen LogP contribution is 2.23. The molecule has 5 nitrogen and oxygen atoms in total. The van der Waals surface area contributed by atoms with Crippen LogP contribution in [0.1, 0.15) is 35.8 Å². The largest absolute Gasteiger partial charge is 0.372 e. The maximum absolute atomic E-state index is 12.1. The van der Waals surface area contributed by atoms with Crippen LogP contribution in [0, 0.1) is 0 Å². The highest BCUT2D eigenvalue weighted by Gasteiger charge is 2.12. The van der Waals surface area contributed by atoms with Crippen LogP contribution in [0.5, 0.6) is 0 Å². The number of hydrogen-bond donors (Lipinski definition) is 2. The van der Waals surface area contributed by atoms with Crippen LogP contribution < -0.4 is 10.6 Å². The number of thiazole rings is 1. The molecule has 2 heterocycles. The Labute approximate surface area is 126 Å². The Kier molecular flexibility index (Phi) is 4.57. The first-order chi connectivity index (χ1) is 9.51. The Morgan fingerprint density at radius 1 is 1.45 bits per heavy atom. The van der Waals surface area contributed by atoms with E-state index >= 15 is 0 Å². The fraction of sp³-hybridized carbons (Fsp3) is 0.308. The summed E-state index contributed by atoms with van der Waals surface area (Å²) < 4.78 is 0. The van der Waals surface area contributed by atoms with E-state index in [9.17, 15) is 4.79 Å². The second-order valence-corrected chi connectivity index (χ2v) is 5.76. The number of nitrogens with zero attached hydrogens (tertiary/aromatic N) is 2. The summed E-state index contributed by atoms with van der Waals surface area (Å²) in [5, 5.41) is 8.51. The van der Waals surface area contributed by atoms with Crippen molar-refractivity contribution in [2.45, 2.75) is 19.8 Å². The van der Waals surface area contributed by atoms with Crippen molar-refractivity contribution in [2.75, 3.05) is 17.7 Å². The summed E-state index contributed by atoms with van der Waals surface area (Å²) in [7, 11) is 1.72. The number of carbonyl (C=O) groups is 1. The minimum atomic E-state index is -0.272. The topological polar surface area (TPSA) is 66.9 Å². The number of rotatable bonds is 4. The maximum atomic E-state index is 12.1. The molecule has 2 N–H and O–H groups in total. The summed E-state index contributed by atoms with van der Waals surface area (Å²) >= 11 is 7.41. The first kappa shape index (κ1) is 14.7. The molecule has 0 atom stereocenters. The summed E-state index contributed by atoms with van der Waals surface area (Å²) in [6, 6.07) is 1.58. The van der Waals surface area contributed by atoms with Crippen molar-refractivity contribution in [1.82, 2.24) is 9.97 Å². The van der Waals surface area contributed by atoms with E-state index in [1.807, 2.05) is 5.38 Å². The molecular weight excluding hydrogens is 296 g/mol. The fourth-order valence-corrected chi connectivity index (χ4v) is 2.65. The van der Waals surface area contributed by atoms with E-state index in [0.29, 0.717) is 27.5 Å². The van der Waals surface area contributed by atoms with Gasteiger partial charge in [0.1, 0.15) is 5.82 Å². The Morgan fingerprint density at radius 3 is 2.75 bits per heavy atom. The number of halogens is 1. The Hall–Kier alpha value is -1.66. The average molecular weight is 311 g/mol. The summed E-state index contributed by atoms with van der Waals surface area (Å²) in [5.41, 5.74) is 1.36. The van der Waals surface area contributed by atoms with Crippen molar-refractivity contribution < 1.29 is 4.79 Å². The second kappa shape index (κ2) is 6.19. The number of carbonyl (C=O) groups excluding carboxylic acids is 1. The normalized spacial score (nSPS) is 10.7. The first-order valence-electron chi connectivity index (χ1n) is 6.11. The van der Waals surface area contributed by atoms with Gasteiger partial charge in [0.05, 0.1) is 16.3 Å². The Balaban J connectivity index is 2.13. The molecule has 0 radical (unpaired) electrons. The monoisotopic (exact) mass is 310 g/mol. The molecule has 0 saturated carbocycles. The van der Waals surface area contributed by atoms with Crippen molar-refractivity contribution in [2.24, 2.45) is 0 Å². The van der Waals surface area contributed by atoms with E-state index < -0.39 is 0 Å². The minimum absolute atomic E-state index is 0.272.